The van der Waals surface area contributed by atoms with Crippen molar-refractivity contribution in [1.82, 2.24) is 4.90 Å². The zero-order valence-electron chi connectivity index (χ0n) is 10.4. The van der Waals surface area contributed by atoms with E-state index in [0.29, 0.717) is 0 Å². The maximum Gasteiger partial charge on any atom is -0.00156 e. The van der Waals surface area contributed by atoms with Gasteiger partial charge in [-0.2, -0.15) is 0 Å². The first-order chi connectivity index (χ1) is 7.36. The molecule has 0 spiro atoms. The Morgan fingerprint density at radius 3 is 2.33 bits per heavy atom. The Balaban J connectivity index is 1.94. The Morgan fingerprint density at radius 2 is 1.73 bits per heavy atom. The fourth-order valence-electron chi connectivity index (χ4n) is 2.38. The molecule has 1 rings (SSSR count). The van der Waals surface area contributed by atoms with Crippen molar-refractivity contribution in [2.45, 2.75) is 51.9 Å². The summed E-state index contributed by atoms with van der Waals surface area (Å²) >= 11 is 0. The van der Waals surface area contributed by atoms with Crippen molar-refractivity contribution in [2.24, 2.45) is 11.7 Å². The van der Waals surface area contributed by atoms with Gasteiger partial charge in [0, 0.05) is 0 Å². The molecule has 0 aliphatic carbocycles. The van der Waals surface area contributed by atoms with E-state index in [-0.39, 0.29) is 0 Å². The molecule has 1 fully saturated rings. The molecule has 0 radical (unpaired) electrons. The van der Waals surface area contributed by atoms with Crippen molar-refractivity contribution in [2.75, 3.05) is 26.2 Å². The molecular weight excluding hydrogens is 184 g/mol. The van der Waals surface area contributed by atoms with Gasteiger partial charge in [0.25, 0.3) is 0 Å². The minimum absolute atomic E-state index is 0.807. The van der Waals surface area contributed by atoms with Crippen LogP contribution in [-0.2, 0) is 0 Å². The molecule has 0 aromatic rings. The summed E-state index contributed by atoms with van der Waals surface area (Å²) < 4.78 is 0. The summed E-state index contributed by atoms with van der Waals surface area (Å²) in [6.07, 6.45) is 9.65. The third-order valence-electron chi connectivity index (χ3n) is 3.62. The van der Waals surface area contributed by atoms with Gasteiger partial charge in [0.05, 0.1) is 0 Å². The van der Waals surface area contributed by atoms with Crippen LogP contribution in [0.2, 0.25) is 0 Å². The average Bonchev–Trinajstić information content (AvgIpc) is 2.30. The molecule has 1 heterocycles. The maximum atomic E-state index is 5.69. The fraction of sp³-hybridized carbons (Fsp3) is 1.00. The van der Waals surface area contributed by atoms with Crippen LogP contribution in [-0.4, -0.2) is 31.1 Å². The zero-order chi connectivity index (χ0) is 10.9. The largest absolute Gasteiger partial charge is 0.330 e. The smallest absolute Gasteiger partial charge is 0.00156 e. The van der Waals surface area contributed by atoms with E-state index < -0.39 is 0 Å². The lowest BCUT2D eigenvalue weighted by molar-refractivity contribution is 0.184. The van der Waals surface area contributed by atoms with E-state index in [1.807, 2.05) is 0 Å². The monoisotopic (exact) mass is 212 g/mol. The van der Waals surface area contributed by atoms with Gasteiger partial charge in [0.2, 0.25) is 0 Å². The van der Waals surface area contributed by atoms with Crippen molar-refractivity contribution < 1.29 is 0 Å². The molecule has 0 aromatic heterocycles. The molecule has 0 aromatic carbocycles. The lowest BCUT2D eigenvalue weighted by Gasteiger charge is -2.31. The summed E-state index contributed by atoms with van der Waals surface area (Å²) in [4.78, 5) is 2.62. The Labute approximate surface area is 95.2 Å². The number of hydrogen-bond acceptors (Lipinski definition) is 2. The van der Waals surface area contributed by atoms with Crippen LogP contribution in [0.3, 0.4) is 0 Å². The van der Waals surface area contributed by atoms with Gasteiger partial charge >= 0.3 is 0 Å². The summed E-state index contributed by atoms with van der Waals surface area (Å²) in [6, 6.07) is 0. The summed E-state index contributed by atoms with van der Waals surface area (Å²) in [7, 11) is 0. The predicted molar refractivity (Wildman–Crippen MR) is 67.0 cm³/mol. The van der Waals surface area contributed by atoms with Crippen LogP contribution in [0.15, 0.2) is 0 Å². The van der Waals surface area contributed by atoms with Crippen LogP contribution in [0.4, 0.5) is 0 Å². The van der Waals surface area contributed by atoms with Gasteiger partial charge in [-0.05, 0) is 51.4 Å². The van der Waals surface area contributed by atoms with E-state index in [1.165, 1.54) is 64.6 Å². The van der Waals surface area contributed by atoms with Crippen molar-refractivity contribution in [3.8, 4) is 0 Å². The number of rotatable bonds is 7. The molecule has 2 nitrogen and oxygen atoms in total. The predicted octanol–water partition coefficient (Wildman–Crippen LogP) is 2.63. The molecule has 0 unspecified atom stereocenters. The maximum absolute atomic E-state index is 5.69. The number of likely N-dealkylation sites (tertiary alicyclic amines) is 1. The molecule has 90 valence electrons. The minimum atomic E-state index is 0.807. The molecule has 0 atom stereocenters. The molecule has 2 heteroatoms. The lowest BCUT2D eigenvalue weighted by atomic mass is 9.97. The van der Waals surface area contributed by atoms with E-state index in [4.69, 9.17) is 5.73 Å². The minimum Gasteiger partial charge on any atom is -0.330 e. The second-order valence-electron chi connectivity index (χ2n) is 4.93. The van der Waals surface area contributed by atoms with Crippen LogP contribution in [0.1, 0.15) is 51.9 Å². The van der Waals surface area contributed by atoms with Crippen molar-refractivity contribution in [3.63, 3.8) is 0 Å². The molecular formula is C13H28N2. The van der Waals surface area contributed by atoms with E-state index in [2.05, 4.69) is 11.8 Å². The first-order valence-corrected chi connectivity index (χ1v) is 6.79. The van der Waals surface area contributed by atoms with Gasteiger partial charge in [-0.3, -0.25) is 0 Å². The van der Waals surface area contributed by atoms with Crippen molar-refractivity contribution in [1.29, 1.82) is 0 Å². The normalized spacial score (nSPS) is 19.6. The van der Waals surface area contributed by atoms with Gasteiger partial charge in [0.15, 0.2) is 0 Å². The Kier molecular flexibility index (Phi) is 7.03. The number of piperidine rings is 1. The molecule has 0 saturated carbocycles. The summed E-state index contributed by atoms with van der Waals surface area (Å²) in [6.45, 7) is 7.06. The average molecular weight is 212 g/mol. The summed E-state index contributed by atoms with van der Waals surface area (Å²) in [5.74, 6) is 0.807. The second kappa shape index (κ2) is 8.12. The number of nitrogens with zero attached hydrogens (tertiary/aromatic N) is 1. The Morgan fingerprint density at radius 1 is 1.07 bits per heavy atom. The summed E-state index contributed by atoms with van der Waals surface area (Å²) in [5.41, 5.74) is 5.69. The lowest BCUT2D eigenvalue weighted by Crippen LogP contribution is -2.36. The molecule has 1 aliphatic rings. The summed E-state index contributed by atoms with van der Waals surface area (Å²) in [5, 5.41) is 0. The Hall–Kier alpha value is -0.0800. The van der Waals surface area contributed by atoms with Crippen LogP contribution in [0.5, 0.6) is 0 Å². The first-order valence-electron chi connectivity index (χ1n) is 6.79. The highest BCUT2D eigenvalue weighted by molar-refractivity contribution is 4.72. The molecule has 15 heavy (non-hydrogen) atoms. The van der Waals surface area contributed by atoms with Crippen LogP contribution in [0.25, 0.3) is 0 Å². The van der Waals surface area contributed by atoms with E-state index in [9.17, 15) is 0 Å². The van der Waals surface area contributed by atoms with Gasteiger partial charge < -0.3 is 10.6 Å². The number of hydrogen-bond donors (Lipinski definition) is 1. The molecule has 1 aliphatic heterocycles. The standard InChI is InChI=1S/C13H28N2/c1-2-3-4-5-6-9-15-10-7-13(12-14)8-11-15/h13H,2-12,14H2,1H3. The topological polar surface area (TPSA) is 29.3 Å². The number of nitrogens with two attached hydrogens (primary N) is 1. The third-order valence-corrected chi connectivity index (χ3v) is 3.62. The third kappa shape index (κ3) is 5.53. The van der Waals surface area contributed by atoms with Crippen LogP contribution >= 0.6 is 0 Å². The molecule has 0 bridgehead atoms. The van der Waals surface area contributed by atoms with Gasteiger partial charge in [0.1, 0.15) is 0 Å². The van der Waals surface area contributed by atoms with Gasteiger partial charge in [-0.1, -0.05) is 32.6 Å². The Bertz CT molecular complexity index is 139. The highest BCUT2D eigenvalue weighted by Gasteiger charge is 2.16. The van der Waals surface area contributed by atoms with E-state index in [1.54, 1.807) is 0 Å². The zero-order valence-corrected chi connectivity index (χ0v) is 10.4. The highest BCUT2D eigenvalue weighted by Crippen LogP contribution is 2.16. The van der Waals surface area contributed by atoms with Crippen molar-refractivity contribution >= 4 is 0 Å². The molecule has 0 amide bonds. The van der Waals surface area contributed by atoms with Gasteiger partial charge in [-0.15, -0.1) is 0 Å². The quantitative estimate of drug-likeness (QED) is 0.657. The fourth-order valence-corrected chi connectivity index (χ4v) is 2.38. The molecule has 2 N–H and O–H groups in total. The van der Waals surface area contributed by atoms with Gasteiger partial charge in [-0.25, -0.2) is 0 Å². The SMILES string of the molecule is CCCCCCCN1CCC(CN)CC1. The second-order valence-corrected chi connectivity index (χ2v) is 4.93. The number of unbranched alkanes of at least 4 members (excludes halogenated alkanes) is 4. The van der Waals surface area contributed by atoms with Crippen molar-refractivity contribution in [3.05, 3.63) is 0 Å². The van der Waals surface area contributed by atoms with E-state index >= 15 is 0 Å². The van der Waals surface area contributed by atoms with Crippen LogP contribution in [0, 0.1) is 5.92 Å². The first kappa shape index (κ1) is 13.0. The van der Waals surface area contributed by atoms with E-state index in [0.717, 1.165) is 12.5 Å². The molecule has 1 saturated heterocycles. The van der Waals surface area contributed by atoms with Crippen LogP contribution < -0.4 is 5.73 Å². The highest BCUT2D eigenvalue weighted by atomic mass is 15.1.